The Bertz CT molecular complexity index is 873. The molecule has 1 aliphatic heterocycles. The van der Waals surface area contributed by atoms with Crippen molar-refractivity contribution in [1.29, 1.82) is 0 Å². The van der Waals surface area contributed by atoms with E-state index in [9.17, 15) is 4.79 Å². The van der Waals surface area contributed by atoms with E-state index in [-0.39, 0.29) is 12.7 Å². The van der Waals surface area contributed by atoms with Crippen LogP contribution in [-0.4, -0.2) is 12.7 Å². The Hall–Kier alpha value is -2.79. The van der Waals surface area contributed by atoms with Crippen molar-refractivity contribution in [2.45, 2.75) is 6.54 Å². The monoisotopic (exact) mass is 337 g/mol. The zero-order chi connectivity index (χ0) is 16.4. The van der Waals surface area contributed by atoms with Crippen molar-refractivity contribution in [3.05, 3.63) is 71.1 Å². The van der Waals surface area contributed by atoms with Crippen molar-refractivity contribution < 1.29 is 14.3 Å². The first-order chi connectivity index (χ1) is 11.8. The van der Waals surface area contributed by atoms with E-state index in [1.165, 1.54) is 10.4 Å². The molecule has 2 aromatic carbocycles. The highest BCUT2D eigenvalue weighted by molar-refractivity contribution is 7.15. The molecule has 0 aliphatic carbocycles. The fourth-order valence-corrected chi connectivity index (χ4v) is 3.49. The maximum atomic E-state index is 12.3. The molecule has 120 valence electrons. The number of fused-ring (bicyclic) bond motifs is 1. The van der Waals surface area contributed by atoms with E-state index in [2.05, 4.69) is 23.5 Å². The van der Waals surface area contributed by atoms with Crippen LogP contribution in [-0.2, 0) is 6.54 Å². The summed E-state index contributed by atoms with van der Waals surface area (Å²) in [4.78, 5) is 14.6. The van der Waals surface area contributed by atoms with Crippen molar-refractivity contribution in [1.82, 2.24) is 5.32 Å². The van der Waals surface area contributed by atoms with Crippen LogP contribution in [0.4, 0.5) is 0 Å². The number of nitrogens with one attached hydrogen (secondary N) is 1. The summed E-state index contributed by atoms with van der Waals surface area (Å²) in [6, 6.07) is 19.6. The first-order valence-electron chi connectivity index (χ1n) is 7.61. The van der Waals surface area contributed by atoms with E-state index in [0.29, 0.717) is 23.6 Å². The van der Waals surface area contributed by atoms with E-state index in [1.54, 1.807) is 29.5 Å². The molecule has 2 heterocycles. The molecule has 3 aromatic rings. The molecule has 0 radical (unpaired) electrons. The molecule has 0 spiro atoms. The van der Waals surface area contributed by atoms with Crippen molar-refractivity contribution in [3.8, 4) is 21.9 Å². The number of ether oxygens (including phenoxy) is 2. The molecule has 0 saturated carbocycles. The van der Waals surface area contributed by atoms with Gasteiger partial charge in [0.15, 0.2) is 11.5 Å². The largest absolute Gasteiger partial charge is 0.454 e. The van der Waals surface area contributed by atoms with Crippen LogP contribution in [0.3, 0.4) is 0 Å². The van der Waals surface area contributed by atoms with Crippen LogP contribution in [0, 0.1) is 0 Å². The minimum Gasteiger partial charge on any atom is -0.454 e. The summed E-state index contributed by atoms with van der Waals surface area (Å²) in [6.45, 7) is 0.711. The molecule has 5 heteroatoms. The molecule has 0 saturated heterocycles. The molecular weight excluding hydrogens is 322 g/mol. The minimum absolute atomic E-state index is 0.122. The average Bonchev–Trinajstić information content (AvgIpc) is 3.29. The van der Waals surface area contributed by atoms with Crippen LogP contribution in [0.15, 0.2) is 60.7 Å². The van der Waals surface area contributed by atoms with E-state index in [1.807, 2.05) is 24.3 Å². The average molecular weight is 337 g/mol. The summed E-state index contributed by atoms with van der Waals surface area (Å²) >= 11 is 1.68. The van der Waals surface area contributed by atoms with Gasteiger partial charge in [0.2, 0.25) is 6.79 Å². The number of amides is 1. The Morgan fingerprint density at radius 2 is 1.83 bits per heavy atom. The van der Waals surface area contributed by atoms with Gasteiger partial charge in [0.1, 0.15) is 0 Å². The van der Waals surface area contributed by atoms with Gasteiger partial charge in [0.05, 0.1) is 6.54 Å². The molecular formula is C19H15NO3S. The Morgan fingerprint density at radius 3 is 2.71 bits per heavy atom. The van der Waals surface area contributed by atoms with Gasteiger partial charge in [-0.05, 0) is 35.9 Å². The number of benzene rings is 2. The smallest absolute Gasteiger partial charge is 0.251 e. The Labute approximate surface area is 143 Å². The zero-order valence-electron chi connectivity index (χ0n) is 12.8. The molecule has 1 N–H and O–H groups in total. The van der Waals surface area contributed by atoms with Crippen LogP contribution in [0.1, 0.15) is 15.2 Å². The fourth-order valence-electron chi connectivity index (χ4n) is 2.54. The predicted octanol–water partition coefficient (Wildman–Crippen LogP) is 4.07. The minimum atomic E-state index is -0.122. The molecule has 0 atom stereocenters. The third-order valence-electron chi connectivity index (χ3n) is 3.78. The van der Waals surface area contributed by atoms with Gasteiger partial charge in [0, 0.05) is 15.3 Å². The number of rotatable bonds is 4. The number of carbonyl (C=O) groups is 1. The Kier molecular flexibility index (Phi) is 3.92. The third-order valence-corrected chi connectivity index (χ3v) is 4.91. The third kappa shape index (κ3) is 2.98. The van der Waals surface area contributed by atoms with Gasteiger partial charge in [-0.1, -0.05) is 30.3 Å². The van der Waals surface area contributed by atoms with Crippen LogP contribution < -0.4 is 14.8 Å². The summed E-state index contributed by atoms with van der Waals surface area (Å²) in [5.41, 5.74) is 1.76. The van der Waals surface area contributed by atoms with Crippen molar-refractivity contribution in [2.75, 3.05) is 6.79 Å². The van der Waals surface area contributed by atoms with E-state index in [0.717, 1.165) is 4.88 Å². The van der Waals surface area contributed by atoms with Crippen LogP contribution in [0.5, 0.6) is 11.5 Å². The summed E-state index contributed by atoms with van der Waals surface area (Å²) in [5, 5.41) is 2.95. The standard InChI is InChI=1S/C19H15NO3S/c21-19(14-6-8-16-17(10-14)23-12-22-16)20-11-15-7-9-18(24-15)13-4-2-1-3-5-13/h1-10H,11-12H2,(H,20,21). The summed E-state index contributed by atoms with van der Waals surface area (Å²) < 4.78 is 10.6. The lowest BCUT2D eigenvalue weighted by Gasteiger charge is -2.04. The normalized spacial score (nSPS) is 12.2. The lowest BCUT2D eigenvalue weighted by Crippen LogP contribution is -2.22. The van der Waals surface area contributed by atoms with E-state index in [4.69, 9.17) is 9.47 Å². The summed E-state index contributed by atoms with van der Waals surface area (Å²) in [7, 11) is 0. The molecule has 4 nitrogen and oxygen atoms in total. The number of hydrogen-bond donors (Lipinski definition) is 1. The molecule has 1 amide bonds. The van der Waals surface area contributed by atoms with Gasteiger partial charge in [-0.15, -0.1) is 11.3 Å². The first-order valence-corrected chi connectivity index (χ1v) is 8.43. The fraction of sp³-hybridized carbons (Fsp3) is 0.105. The second kappa shape index (κ2) is 6.37. The van der Waals surface area contributed by atoms with Crippen molar-refractivity contribution >= 4 is 17.2 Å². The lowest BCUT2D eigenvalue weighted by atomic mass is 10.2. The van der Waals surface area contributed by atoms with Crippen LogP contribution in [0.2, 0.25) is 0 Å². The molecule has 1 aliphatic rings. The molecule has 4 rings (SSSR count). The number of hydrogen-bond acceptors (Lipinski definition) is 4. The Balaban J connectivity index is 1.42. The topological polar surface area (TPSA) is 47.6 Å². The molecule has 0 unspecified atom stereocenters. The van der Waals surface area contributed by atoms with Gasteiger partial charge >= 0.3 is 0 Å². The molecule has 0 bridgehead atoms. The summed E-state index contributed by atoms with van der Waals surface area (Å²) in [5.74, 6) is 1.17. The molecule has 1 aromatic heterocycles. The summed E-state index contributed by atoms with van der Waals surface area (Å²) in [6.07, 6.45) is 0. The van der Waals surface area contributed by atoms with Crippen molar-refractivity contribution in [3.63, 3.8) is 0 Å². The second-order valence-corrected chi connectivity index (χ2v) is 6.55. The Morgan fingerprint density at radius 1 is 1.00 bits per heavy atom. The molecule has 0 fully saturated rings. The quantitative estimate of drug-likeness (QED) is 0.780. The molecule has 24 heavy (non-hydrogen) atoms. The second-order valence-electron chi connectivity index (χ2n) is 5.38. The highest BCUT2D eigenvalue weighted by Gasteiger charge is 2.16. The van der Waals surface area contributed by atoms with Crippen molar-refractivity contribution in [2.24, 2.45) is 0 Å². The lowest BCUT2D eigenvalue weighted by molar-refractivity contribution is 0.0951. The van der Waals surface area contributed by atoms with Gasteiger partial charge in [-0.3, -0.25) is 4.79 Å². The van der Waals surface area contributed by atoms with E-state index < -0.39 is 0 Å². The SMILES string of the molecule is O=C(NCc1ccc(-c2ccccc2)s1)c1ccc2c(c1)OCO2. The highest BCUT2D eigenvalue weighted by atomic mass is 32.1. The van der Waals surface area contributed by atoms with Gasteiger partial charge in [-0.2, -0.15) is 0 Å². The number of carbonyl (C=O) groups excluding carboxylic acids is 1. The van der Waals surface area contributed by atoms with Gasteiger partial charge in [0.25, 0.3) is 5.91 Å². The predicted molar refractivity (Wildman–Crippen MR) is 93.5 cm³/mol. The van der Waals surface area contributed by atoms with Gasteiger partial charge in [-0.25, -0.2) is 0 Å². The zero-order valence-corrected chi connectivity index (χ0v) is 13.6. The maximum Gasteiger partial charge on any atom is 0.251 e. The van der Waals surface area contributed by atoms with Crippen LogP contribution in [0.25, 0.3) is 10.4 Å². The number of thiophene rings is 1. The van der Waals surface area contributed by atoms with E-state index >= 15 is 0 Å². The van der Waals surface area contributed by atoms with Crippen LogP contribution >= 0.6 is 11.3 Å². The maximum absolute atomic E-state index is 12.3. The highest BCUT2D eigenvalue weighted by Crippen LogP contribution is 2.32. The first kappa shape index (κ1) is 14.8. The van der Waals surface area contributed by atoms with Gasteiger partial charge < -0.3 is 14.8 Å².